The van der Waals surface area contributed by atoms with Crippen LogP contribution in [0.2, 0.25) is 0 Å². The van der Waals surface area contributed by atoms with Gasteiger partial charge in [0.2, 0.25) is 0 Å². The van der Waals surface area contributed by atoms with Gasteiger partial charge in [0, 0.05) is 22.8 Å². The molecule has 25 heavy (non-hydrogen) atoms. The Bertz CT molecular complexity index is 1260. The van der Waals surface area contributed by atoms with Crippen LogP contribution >= 0.6 is 0 Å². The minimum atomic E-state index is 0.990. The van der Waals surface area contributed by atoms with E-state index in [0.717, 1.165) is 13.0 Å². The van der Waals surface area contributed by atoms with Crippen LogP contribution in [0, 0.1) is 0 Å². The molecule has 0 saturated carbocycles. The first-order valence-corrected chi connectivity index (χ1v) is 9.17. The molecule has 0 aliphatic rings. The zero-order valence-electron chi connectivity index (χ0n) is 14.7. The van der Waals surface area contributed by atoms with Gasteiger partial charge in [0.05, 0.1) is 5.52 Å². The Labute approximate surface area is 147 Å². The summed E-state index contributed by atoms with van der Waals surface area (Å²) in [7, 11) is 0. The molecule has 0 N–H and O–H groups in total. The smallest absolute Gasteiger partial charge is 0.0530 e. The third-order valence-electron chi connectivity index (χ3n) is 5.51. The van der Waals surface area contributed by atoms with Crippen LogP contribution in [0.1, 0.15) is 19.4 Å². The Morgan fingerprint density at radius 3 is 2.04 bits per heavy atom. The van der Waals surface area contributed by atoms with E-state index in [1.165, 1.54) is 48.9 Å². The first-order chi connectivity index (χ1) is 12.3. The number of rotatable bonds is 2. The van der Waals surface area contributed by atoms with Crippen LogP contribution in [0.5, 0.6) is 0 Å². The van der Waals surface area contributed by atoms with E-state index in [0.29, 0.717) is 0 Å². The minimum Gasteiger partial charge on any atom is -0.340 e. The topological polar surface area (TPSA) is 4.93 Å². The lowest BCUT2D eigenvalue weighted by Crippen LogP contribution is -1.97. The van der Waals surface area contributed by atoms with Crippen LogP contribution in [-0.4, -0.2) is 4.57 Å². The highest BCUT2D eigenvalue weighted by Gasteiger charge is 2.16. The van der Waals surface area contributed by atoms with Crippen molar-refractivity contribution in [3.05, 3.63) is 72.3 Å². The molecule has 1 heteroatoms. The molecule has 0 radical (unpaired) electrons. The van der Waals surface area contributed by atoms with E-state index in [4.69, 9.17) is 0 Å². The summed E-state index contributed by atoms with van der Waals surface area (Å²) in [6.45, 7) is 5.52. The third-order valence-corrected chi connectivity index (χ3v) is 5.51. The van der Waals surface area contributed by atoms with Crippen molar-refractivity contribution in [3.8, 4) is 0 Å². The highest BCUT2D eigenvalue weighted by Crippen LogP contribution is 2.37. The maximum atomic E-state index is 2.50. The molecule has 0 unspecified atom stereocenters. The molecular weight excluding hydrogens is 302 g/mol. The van der Waals surface area contributed by atoms with Crippen LogP contribution in [0.3, 0.4) is 0 Å². The largest absolute Gasteiger partial charge is 0.340 e. The van der Waals surface area contributed by atoms with Gasteiger partial charge in [-0.1, -0.05) is 55.5 Å². The monoisotopic (exact) mass is 323 g/mol. The fraction of sp³-hybridized carbons (Fsp3) is 0.167. The summed E-state index contributed by atoms with van der Waals surface area (Å²) >= 11 is 0. The molecule has 122 valence electrons. The highest BCUT2D eigenvalue weighted by molar-refractivity contribution is 6.17. The molecule has 1 heterocycles. The summed E-state index contributed by atoms with van der Waals surface area (Å²) in [6.07, 6.45) is 1.05. The van der Waals surface area contributed by atoms with Crippen molar-refractivity contribution in [2.45, 2.75) is 26.8 Å². The first-order valence-electron chi connectivity index (χ1n) is 9.17. The Morgan fingerprint density at radius 2 is 1.32 bits per heavy atom. The molecule has 0 spiro atoms. The fourth-order valence-corrected chi connectivity index (χ4v) is 4.40. The normalized spacial score (nSPS) is 11.9. The lowest BCUT2D eigenvalue weighted by molar-refractivity contribution is 0.823. The van der Waals surface area contributed by atoms with Crippen molar-refractivity contribution < 1.29 is 0 Å². The van der Waals surface area contributed by atoms with Gasteiger partial charge in [-0.25, -0.2) is 0 Å². The molecule has 0 fully saturated rings. The van der Waals surface area contributed by atoms with E-state index in [2.05, 4.69) is 85.1 Å². The van der Waals surface area contributed by atoms with E-state index < -0.39 is 0 Å². The van der Waals surface area contributed by atoms with Gasteiger partial charge in [-0.3, -0.25) is 0 Å². The molecule has 1 aromatic heterocycles. The van der Waals surface area contributed by atoms with E-state index in [-0.39, 0.29) is 0 Å². The molecule has 0 aliphatic heterocycles. The van der Waals surface area contributed by atoms with Crippen LogP contribution in [0.15, 0.2) is 66.7 Å². The molecule has 0 amide bonds. The maximum absolute atomic E-state index is 2.50. The fourth-order valence-electron chi connectivity index (χ4n) is 4.40. The molecule has 0 aliphatic carbocycles. The lowest BCUT2D eigenvalue weighted by atomic mass is 9.98. The van der Waals surface area contributed by atoms with Crippen molar-refractivity contribution in [2.24, 2.45) is 0 Å². The van der Waals surface area contributed by atoms with Gasteiger partial charge in [0.25, 0.3) is 0 Å². The molecule has 1 nitrogen and oxygen atoms in total. The van der Waals surface area contributed by atoms with Crippen molar-refractivity contribution >= 4 is 43.4 Å². The number of fused-ring (bicyclic) bond motifs is 5. The van der Waals surface area contributed by atoms with Gasteiger partial charge in [0.15, 0.2) is 0 Å². The lowest BCUT2D eigenvalue weighted by Gasteiger charge is -2.11. The zero-order valence-corrected chi connectivity index (χ0v) is 14.7. The van der Waals surface area contributed by atoms with E-state index in [1.807, 2.05) is 0 Å². The second-order valence-corrected chi connectivity index (χ2v) is 6.79. The quantitative estimate of drug-likeness (QED) is 0.341. The van der Waals surface area contributed by atoms with Crippen LogP contribution in [0.25, 0.3) is 43.4 Å². The third kappa shape index (κ3) is 1.96. The van der Waals surface area contributed by atoms with Crippen molar-refractivity contribution in [1.29, 1.82) is 0 Å². The molecule has 0 bridgehead atoms. The SMILES string of the molecule is CCc1c2ccccc2cc2c3cc4ccccc4cc3n(CC)c12. The van der Waals surface area contributed by atoms with Crippen LogP contribution in [-0.2, 0) is 13.0 Å². The van der Waals surface area contributed by atoms with Crippen molar-refractivity contribution in [3.63, 3.8) is 0 Å². The Morgan fingerprint density at radius 1 is 0.680 bits per heavy atom. The Kier molecular flexibility index (Phi) is 3.11. The Hall–Kier alpha value is -2.80. The average molecular weight is 323 g/mol. The second kappa shape index (κ2) is 5.35. The second-order valence-electron chi connectivity index (χ2n) is 6.79. The maximum Gasteiger partial charge on any atom is 0.0530 e. The first kappa shape index (κ1) is 14.5. The molecule has 5 rings (SSSR count). The van der Waals surface area contributed by atoms with Gasteiger partial charge < -0.3 is 4.57 Å². The molecular formula is C24H21N. The van der Waals surface area contributed by atoms with Gasteiger partial charge in [-0.2, -0.15) is 0 Å². The number of hydrogen-bond acceptors (Lipinski definition) is 0. The van der Waals surface area contributed by atoms with Crippen molar-refractivity contribution in [1.82, 2.24) is 4.57 Å². The molecule has 4 aromatic carbocycles. The summed E-state index contributed by atoms with van der Waals surface area (Å²) in [5.74, 6) is 0. The summed E-state index contributed by atoms with van der Waals surface area (Å²) in [5.41, 5.74) is 4.23. The van der Waals surface area contributed by atoms with Crippen LogP contribution < -0.4 is 0 Å². The minimum absolute atomic E-state index is 0.990. The number of nitrogens with zero attached hydrogens (tertiary/aromatic N) is 1. The molecule has 0 saturated heterocycles. The van der Waals surface area contributed by atoms with Gasteiger partial charge in [-0.05, 0) is 58.7 Å². The number of aryl methyl sites for hydroxylation is 2. The standard InChI is InChI=1S/C24H21N/c1-3-19-20-12-8-7-11-18(20)14-22-21-13-16-9-5-6-10-17(16)15-23(21)25(4-2)24(19)22/h5-15H,3-4H2,1-2H3. The predicted octanol–water partition coefficient (Wildman–Crippen LogP) is 6.68. The number of hydrogen-bond donors (Lipinski definition) is 0. The Balaban J connectivity index is 2.09. The molecule has 0 atom stereocenters. The molecule has 5 aromatic rings. The summed E-state index contributed by atoms with van der Waals surface area (Å²) in [6, 6.07) is 24.6. The zero-order chi connectivity index (χ0) is 17.0. The van der Waals surface area contributed by atoms with Crippen molar-refractivity contribution in [2.75, 3.05) is 0 Å². The summed E-state index contributed by atoms with van der Waals surface area (Å²) in [5, 5.41) is 8.12. The van der Waals surface area contributed by atoms with E-state index >= 15 is 0 Å². The summed E-state index contributed by atoms with van der Waals surface area (Å²) < 4.78 is 2.50. The average Bonchev–Trinajstić information content (AvgIpc) is 2.96. The van der Waals surface area contributed by atoms with Gasteiger partial charge in [0.1, 0.15) is 0 Å². The highest BCUT2D eigenvalue weighted by atomic mass is 15.0. The number of benzene rings is 4. The summed E-state index contributed by atoms with van der Waals surface area (Å²) in [4.78, 5) is 0. The number of aromatic nitrogens is 1. The van der Waals surface area contributed by atoms with E-state index in [1.54, 1.807) is 0 Å². The van der Waals surface area contributed by atoms with Crippen LogP contribution in [0.4, 0.5) is 0 Å². The van der Waals surface area contributed by atoms with E-state index in [9.17, 15) is 0 Å². The van der Waals surface area contributed by atoms with Gasteiger partial charge in [-0.15, -0.1) is 0 Å². The predicted molar refractivity (Wildman–Crippen MR) is 110 cm³/mol. The van der Waals surface area contributed by atoms with Gasteiger partial charge >= 0.3 is 0 Å².